The third-order valence-electron chi connectivity index (χ3n) is 2.57. The molecule has 0 heterocycles. The van der Waals surface area contributed by atoms with Gasteiger partial charge in [0.05, 0.1) is 12.6 Å². The van der Waals surface area contributed by atoms with E-state index in [0.29, 0.717) is 6.61 Å². The van der Waals surface area contributed by atoms with Crippen LogP contribution in [0.4, 0.5) is 0 Å². The van der Waals surface area contributed by atoms with Gasteiger partial charge in [-0.05, 0) is 17.5 Å². The third kappa shape index (κ3) is 3.69. The molecule has 1 aromatic rings. The molecular weight excluding hydrogens is 198 g/mol. The summed E-state index contributed by atoms with van der Waals surface area (Å²) in [7, 11) is 1.71. The molecule has 0 saturated heterocycles. The summed E-state index contributed by atoms with van der Waals surface area (Å²) in [5.41, 5.74) is 2.46. The minimum absolute atomic E-state index is 0.149. The fourth-order valence-electron chi connectivity index (χ4n) is 1.58. The Morgan fingerprint density at radius 1 is 1.38 bits per heavy atom. The number of rotatable bonds is 6. The summed E-state index contributed by atoms with van der Waals surface area (Å²) in [5.74, 6) is 2.73. The van der Waals surface area contributed by atoms with Gasteiger partial charge in [-0.3, -0.25) is 5.32 Å². The van der Waals surface area contributed by atoms with Gasteiger partial charge >= 0.3 is 0 Å². The summed E-state index contributed by atoms with van der Waals surface area (Å²) in [6, 6.07) is 8.39. The molecule has 0 radical (unpaired) electrons. The van der Waals surface area contributed by atoms with Crippen molar-refractivity contribution in [1.29, 1.82) is 0 Å². The van der Waals surface area contributed by atoms with E-state index in [4.69, 9.17) is 11.2 Å². The van der Waals surface area contributed by atoms with E-state index in [1.165, 1.54) is 11.1 Å². The first-order valence-electron chi connectivity index (χ1n) is 5.57. The number of ether oxygens (including phenoxy) is 1. The summed E-state index contributed by atoms with van der Waals surface area (Å²) in [6.07, 6.45) is 6.35. The zero-order valence-corrected chi connectivity index (χ0v) is 9.99. The summed E-state index contributed by atoms with van der Waals surface area (Å²) >= 11 is 0. The summed E-state index contributed by atoms with van der Waals surface area (Å²) in [4.78, 5) is 0. The van der Waals surface area contributed by atoms with Gasteiger partial charge in [0, 0.05) is 13.7 Å². The van der Waals surface area contributed by atoms with Crippen LogP contribution in [0, 0.1) is 12.3 Å². The largest absolute Gasteiger partial charge is 0.380 e. The van der Waals surface area contributed by atoms with Gasteiger partial charge in [0.15, 0.2) is 0 Å². The van der Waals surface area contributed by atoms with E-state index in [1.807, 2.05) is 12.1 Å². The van der Waals surface area contributed by atoms with E-state index in [1.54, 1.807) is 7.11 Å². The molecule has 0 amide bonds. The van der Waals surface area contributed by atoms with Crippen molar-refractivity contribution in [3.05, 3.63) is 35.4 Å². The van der Waals surface area contributed by atoms with Crippen molar-refractivity contribution in [1.82, 2.24) is 5.32 Å². The fraction of sp³-hybridized carbons (Fsp3) is 0.429. The molecular formula is C14H19NO. The van der Waals surface area contributed by atoms with Gasteiger partial charge in [0.25, 0.3) is 0 Å². The van der Waals surface area contributed by atoms with Crippen LogP contribution in [-0.4, -0.2) is 13.2 Å². The van der Waals surface area contributed by atoms with Gasteiger partial charge in [-0.1, -0.05) is 37.1 Å². The van der Waals surface area contributed by atoms with Crippen molar-refractivity contribution in [2.45, 2.75) is 32.5 Å². The summed E-state index contributed by atoms with van der Waals surface area (Å²) < 4.78 is 5.16. The number of nitrogens with one attached hydrogen (secondary N) is 1. The quantitative estimate of drug-likeness (QED) is 0.738. The van der Waals surface area contributed by atoms with Crippen molar-refractivity contribution in [3.8, 4) is 12.3 Å². The third-order valence-corrected chi connectivity index (χ3v) is 2.57. The Hall–Kier alpha value is -1.30. The minimum Gasteiger partial charge on any atom is -0.380 e. The molecule has 1 unspecified atom stereocenters. The maximum atomic E-state index is 5.41. The van der Waals surface area contributed by atoms with E-state index in [-0.39, 0.29) is 6.04 Å². The predicted octanol–water partition coefficient (Wildman–Crippen LogP) is 2.33. The highest BCUT2D eigenvalue weighted by Crippen LogP contribution is 2.10. The molecule has 0 aliphatic rings. The second-order valence-electron chi connectivity index (χ2n) is 3.71. The Morgan fingerprint density at radius 2 is 2.06 bits per heavy atom. The van der Waals surface area contributed by atoms with Gasteiger partial charge in [-0.25, -0.2) is 0 Å². The first-order valence-corrected chi connectivity index (χ1v) is 5.57. The standard InChI is InChI=1S/C14H19NO/c1-4-14(5-2)15-10-12-8-6-7-9-13(12)11-16-3/h1,6-9,14-15H,5,10-11H2,2-3H3. The maximum Gasteiger partial charge on any atom is 0.0716 e. The first kappa shape index (κ1) is 12.8. The molecule has 0 spiro atoms. The van der Waals surface area contributed by atoms with Crippen LogP contribution in [0.5, 0.6) is 0 Å². The molecule has 16 heavy (non-hydrogen) atoms. The molecule has 2 heteroatoms. The van der Waals surface area contributed by atoms with Gasteiger partial charge < -0.3 is 4.74 Å². The summed E-state index contributed by atoms with van der Waals surface area (Å²) in [6.45, 7) is 3.52. The van der Waals surface area contributed by atoms with Gasteiger partial charge in [0.2, 0.25) is 0 Å². The van der Waals surface area contributed by atoms with Crippen molar-refractivity contribution >= 4 is 0 Å². The van der Waals surface area contributed by atoms with Crippen molar-refractivity contribution in [2.24, 2.45) is 0 Å². The number of benzene rings is 1. The van der Waals surface area contributed by atoms with Gasteiger partial charge in [-0.15, -0.1) is 6.42 Å². The van der Waals surface area contributed by atoms with Crippen LogP contribution in [-0.2, 0) is 17.9 Å². The molecule has 0 fully saturated rings. The van der Waals surface area contributed by atoms with Gasteiger partial charge in [0.1, 0.15) is 0 Å². The van der Waals surface area contributed by atoms with E-state index in [9.17, 15) is 0 Å². The first-order chi connectivity index (χ1) is 7.81. The zero-order valence-electron chi connectivity index (χ0n) is 9.99. The van der Waals surface area contributed by atoms with E-state index >= 15 is 0 Å². The van der Waals surface area contributed by atoms with Crippen molar-refractivity contribution in [2.75, 3.05) is 7.11 Å². The van der Waals surface area contributed by atoms with Gasteiger partial charge in [-0.2, -0.15) is 0 Å². The Balaban J connectivity index is 2.62. The fourth-order valence-corrected chi connectivity index (χ4v) is 1.58. The monoisotopic (exact) mass is 217 g/mol. The highest BCUT2D eigenvalue weighted by Gasteiger charge is 2.04. The molecule has 0 aliphatic carbocycles. The highest BCUT2D eigenvalue weighted by molar-refractivity contribution is 5.26. The number of methoxy groups -OCH3 is 1. The van der Waals surface area contributed by atoms with Crippen LogP contribution < -0.4 is 5.32 Å². The average Bonchev–Trinajstić information content (AvgIpc) is 2.33. The predicted molar refractivity (Wildman–Crippen MR) is 66.9 cm³/mol. The molecule has 86 valence electrons. The SMILES string of the molecule is C#CC(CC)NCc1ccccc1COC. The average molecular weight is 217 g/mol. The molecule has 1 N–H and O–H groups in total. The lowest BCUT2D eigenvalue weighted by Crippen LogP contribution is -2.26. The molecule has 1 atom stereocenters. The minimum atomic E-state index is 0.149. The highest BCUT2D eigenvalue weighted by atomic mass is 16.5. The second-order valence-corrected chi connectivity index (χ2v) is 3.71. The summed E-state index contributed by atoms with van der Waals surface area (Å²) in [5, 5.41) is 3.34. The Kier molecular flexibility index (Phi) is 5.63. The smallest absolute Gasteiger partial charge is 0.0716 e. The van der Waals surface area contributed by atoms with Crippen molar-refractivity contribution < 1.29 is 4.74 Å². The Bertz CT molecular complexity index is 354. The Morgan fingerprint density at radius 3 is 2.62 bits per heavy atom. The second kappa shape index (κ2) is 7.05. The number of hydrogen-bond acceptors (Lipinski definition) is 2. The van der Waals surface area contributed by atoms with E-state index < -0.39 is 0 Å². The van der Waals surface area contributed by atoms with Crippen molar-refractivity contribution in [3.63, 3.8) is 0 Å². The zero-order chi connectivity index (χ0) is 11.8. The lowest BCUT2D eigenvalue weighted by molar-refractivity contribution is 0.184. The molecule has 1 rings (SSSR count). The van der Waals surface area contributed by atoms with Crippen LogP contribution >= 0.6 is 0 Å². The van der Waals surface area contributed by atoms with E-state index in [2.05, 4.69) is 30.3 Å². The Labute approximate surface area is 98.0 Å². The lowest BCUT2D eigenvalue weighted by Gasteiger charge is -2.13. The molecule has 2 nitrogen and oxygen atoms in total. The maximum absolute atomic E-state index is 5.41. The van der Waals surface area contributed by atoms with Crippen LogP contribution in [0.3, 0.4) is 0 Å². The number of hydrogen-bond donors (Lipinski definition) is 1. The van der Waals surface area contributed by atoms with Crippen LogP contribution in [0.1, 0.15) is 24.5 Å². The molecule has 0 saturated carbocycles. The topological polar surface area (TPSA) is 21.3 Å². The van der Waals surface area contributed by atoms with Crippen LogP contribution in [0.2, 0.25) is 0 Å². The van der Waals surface area contributed by atoms with Crippen LogP contribution in [0.25, 0.3) is 0 Å². The lowest BCUT2D eigenvalue weighted by atomic mass is 10.1. The number of terminal acetylenes is 1. The molecule has 0 bridgehead atoms. The normalized spacial score (nSPS) is 12.1. The molecule has 0 aliphatic heterocycles. The van der Waals surface area contributed by atoms with Crippen LogP contribution in [0.15, 0.2) is 24.3 Å². The molecule has 1 aromatic carbocycles. The molecule has 0 aromatic heterocycles. The van der Waals surface area contributed by atoms with E-state index in [0.717, 1.165) is 13.0 Å².